The average molecular weight is 406 g/mol. The number of halogens is 1. The van der Waals surface area contributed by atoms with Gasteiger partial charge in [-0.1, -0.05) is 12.1 Å². The molecule has 1 N–H and O–H groups in total. The van der Waals surface area contributed by atoms with Gasteiger partial charge in [-0.2, -0.15) is 0 Å². The van der Waals surface area contributed by atoms with Crippen LogP contribution in [0.4, 0.5) is 5.69 Å². The number of ketones is 1. The lowest BCUT2D eigenvalue weighted by molar-refractivity contribution is -0.384. The molecule has 8 nitrogen and oxygen atoms in total. The molecule has 3 rings (SSSR count). The van der Waals surface area contributed by atoms with E-state index in [2.05, 4.69) is 10.3 Å². The Morgan fingerprint density at radius 1 is 1.18 bits per heavy atom. The molecule has 0 saturated heterocycles. The van der Waals surface area contributed by atoms with E-state index in [4.69, 9.17) is 9.47 Å². The molecule has 1 aliphatic rings. The summed E-state index contributed by atoms with van der Waals surface area (Å²) < 4.78 is 10.4. The van der Waals surface area contributed by atoms with Gasteiger partial charge < -0.3 is 14.8 Å². The molecule has 1 unspecified atom stereocenters. The van der Waals surface area contributed by atoms with Crippen molar-refractivity contribution in [2.75, 3.05) is 27.3 Å². The maximum atomic E-state index is 12.8. The third-order valence-corrected chi connectivity index (χ3v) is 4.35. The Labute approximate surface area is 168 Å². The van der Waals surface area contributed by atoms with E-state index in [0.29, 0.717) is 41.6 Å². The number of nitro benzene ring substituents is 1. The van der Waals surface area contributed by atoms with Crippen LogP contribution in [0.1, 0.15) is 15.9 Å². The number of nitrogens with zero attached hydrogens (tertiary/aromatic N) is 2. The first-order valence-electron chi connectivity index (χ1n) is 8.33. The van der Waals surface area contributed by atoms with Crippen molar-refractivity contribution in [3.05, 3.63) is 63.7 Å². The van der Waals surface area contributed by atoms with Gasteiger partial charge in [-0.15, -0.1) is 12.4 Å². The number of methoxy groups -OCH3 is 2. The van der Waals surface area contributed by atoms with Crippen LogP contribution in [0.3, 0.4) is 0 Å². The van der Waals surface area contributed by atoms with Gasteiger partial charge in [0.1, 0.15) is 5.84 Å². The normalized spacial score (nSPS) is 15.5. The number of hydrogen-bond donors (Lipinski definition) is 1. The van der Waals surface area contributed by atoms with Crippen molar-refractivity contribution >= 4 is 29.7 Å². The van der Waals surface area contributed by atoms with Crippen LogP contribution in [0.15, 0.2) is 47.5 Å². The smallest absolute Gasteiger partial charge is 0.270 e. The molecular weight excluding hydrogens is 386 g/mol. The Hall–Kier alpha value is -3.13. The summed E-state index contributed by atoms with van der Waals surface area (Å²) in [6.07, 6.45) is 0. The van der Waals surface area contributed by atoms with Crippen LogP contribution < -0.4 is 14.8 Å². The van der Waals surface area contributed by atoms with Crippen molar-refractivity contribution in [2.24, 2.45) is 10.9 Å². The maximum absolute atomic E-state index is 12.8. The zero-order valence-corrected chi connectivity index (χ0v) is 16.2. The lowest BCUT2D eigenvalue weighted by Crippen LogP contribution is -2.39. The van der Waals surface area contributed by atoms with Crippen molar-refractivity contribution < 1.29 is 19.2 Å². The Bertz CT molecular complexity index is 916. The van der Waals surface area contributed by atoms with E-state index in [1.165, 1.54) is 26.4 Å². The number of carbonyl (C=O) groups is 1. The predicted octanol–water partition coefficient (Wildman–Crippen LogP) is 2.88. The number of nitro groups is 1. The van der Waals surface area contributed by atoms with Gasteiger partial charge in [0.25, 0.3) is 5.69 Å². The Kier molecular flexibility index (Phi) is 6.94. The van der Waals surface area contributed by atoms with E-state index in [-0.39, 0.29) is 29.8 Å². The van der Waals surface area contributed by atoms with E-state index < -0.39 is 4.92 Å². The molecule has 0 aromatic heterocycles. The molecule has 0 saturated carbocycles. The van der Waals surface area contributed by atoms with Gasteiger partial charge in [0.15, 0.2) is 17.3 Å². The van der Waals surface area contributed by atoms with Crippen LogP contribution in [0, 0.1) is 16.0 Å². The molecule has 0 radical (unpaired) electrons. The molecule has 2 aromatic carbocycles. The van der Waals surface area contributed by atoms with Gasteiger partial charge in [0.2, 0.25) is 0 Å². The van der Waals surface area contributed by atoms with Crippen molar-refractivity contribution in [3.63, 3.8) is 0 Å². The first-order chi connectivity index (χ1) is 13.0. The molecule has 1 aliphatic heterocycles. The fraction of sp³-hybridized carbons (Fsp3) is 0.263. The van der Waals surface area contributed by atoms with Crippen LogP contribution in [-0.2, 0) is 0 Å². The minimum Gasteiger partial charge on any atom is -0.493 e. The van der Waals surface area contributed by atoms with Crippen molar-refractivity contribution in [3.8, 4) is 11.5 Å². The zero-order valence-electron chi connectivity index (χ0n) is 15.4. The monoisotopic (exact) mass is 405 g/mol. The third-order valence-electron chi connectivity index (χ3n) is 4.35. The lowest BCUT2D eigenvalue weighted by atomic mass is 9.95. The standard InChI is InChI=1S/C19H19N3O5.ClH/c1-26-16-7-6-12(9-17(16)27-2)18(23)14-10-20-19(21-11-14)13-4-3-5-15(8-13)22(24)25;/h3-9,14H,10-11H2,1-2H3,(H,20,21);1H. The number of amidine groups is 1. The third kappa shape index (κ3) is 4.40. The largest absolute Gasteiger partial charge is 0.493 e. The summed E-state index contributed by atoms with van der Waals surface area (Å²) in [5.74, 6) is 1.22. The second-order valence-corrected chi connectivity index (χ2v) is 6.01. The summed E-state index contributed by atoms with van der Waals surface area (Å²) in [5, 5.41) is 14.0. The molecule has 0 aliphatic carbocycles. The molecule has 0 spiro atoms. The highest BCUT2D eigenvalue weighted by molar-refractivity contribution is 6.03. The molecule has 0 bridgehead atoms. The minimum atomic E-state index is -0.448. The fourth-order valence-corrected chi connectivity index (χ4v) is 2.90. The van der Waals surface area contributed by atoms with Crippen LogP contribution in [0.2, 0.25) is 0 Å². The minimum absolute atomic E-state index is 0. The van der Waals surface area contributed by atoms with Crippen LogP contribution in [-0.4, -0.2) is 43.9 Å². The maximum Gasteiger partial charge on any atom is 0.270 e. The van der Waals surface area contributed by atoms with Crippen LogP contribution in [0.25, 0.3) is 0 Å². The topological polar surface area (TPSA) is 103 Å². The van der Waals surface area contributed by atoms with Gasteiger partial charge in [0, 0.05) is 29.8 Å². The first-order valence-corrected chi connectivity index (χ1v) is 8.33. The second-order valence-electron chi connectivity index (χ2n) is 6.01. The Morgan fingerprint density at radius 2 is 1.93 bits per heavy atom. The van der Waals surface area contributed by atoms with E-state index in [0.717, 1.165) is 0 Å². The number of nitrogens with one attached hydrogen (secondary N) is 1. The number of benzene rings is 2. The highest BCUT2D eigenvalue weighted by Gasteiger charge is 2.25. The number of hydrogen-bond acceptors (Lipinski definition) is 7. The van der Waals surface area contributed by atoms with Gasteiger partial charge in [-0.05, 0) is 18.2 Å². The van der Waals surface area contributed by atoms with E-state index in [1.807, 2.05) is 0 Å². The summed E-state index contributed by atoms with van der Waals surface area (Å²) in [4.78, 5) is 27.6. The molecular formula is C19H20ClN3O5. The molecule has 2 aromatic rings. The first kappa shape index (κ1) is 21.2. The van der Waals surface area contributed by atoms with Gasteiger partial charge in [0.05, 0.1) is 31.6 Å². The summed E-state index contributed by atoms with van der Waals surface area (Å²) in [6, 6.07) is 11.3. The SMILES string of the molecule is COc1ccc(C(=O)C2CN=C(c3cccc([N+](=O)[O-])c3)NC2)cc1OC.Cl. The predicted molar refractivity (Wildman–Crippen MR) is 107 cm³/mol. The van der Waals surface area contributed by atoms with E-state index >= 15 is 0 Å². The molecule has 148 valence electrons. The van der Waals surface area contributed by atoms with Gasteiger partial charge in [-0.3, -0.25) is 19.9 Å². The number of Topliss-reactive ketones (excluding diaryl/α,β-unsaturated/α-hetero) is 1. The summed E-state index contributed by atoms with van der Waals surface area (Å²) >= 11 is 0. The average Bonchev–Trinajstić information content (AvgIpc) is 2.72. The highest BCUT2D eigenvalue weighted by atomic mass is 35.5. The molecule has 28 heavy (non-hydrogen) atoms. The summed E-state index contributed by atoms with van der Waals surface area (Å²) in [5.41, 5.74) is 1.15. The lowest BCUT2D eigenvalue weighted by Gasteiger charge is -2.22. The van der Waals surface area contributed by atoms with Crippen molar-refractivity contribution in [2.45, 2.75) is 0 Å². The molecule has 1 atom stereocenters. The van der Waals surface area contributed by atoms with Crippen molar-refractivity contribution in [1.29, 1.82) is 0 Å². The molecule has 1 heterocycles. The Balaban J connectivity index is 0.00000280. The van der Waals surface area contributed by atoms with Crippen molar-refractivity contribution in [1.82, 2.24) is 5.32 Å². The summed E-state index contributed by atoms with van der Waals surface area (Å²) in [7, 11) is 3.05. The molecule has 0 fully saturated rings. The zero-order chi connectivity index (χ0) is 19.4. The number of carbonyl (C=O) groups excluding carboxylic acids is 1. The quantitative estimate of drug-likeness (QED) is 0.450. The Morgan fingerprint density at radius 3 is 2.54 bits per heavy atom. The van der Waals surface area contributed by atoms with Crippen LogP contribution >= 0.6 is 12.4 Å². The van der Waals surface area contributed by atoms with E-state index in [1.54, 1.807) is 30.3 Å². The number of ether oxygens (including phenoxy) is 2. The fourth-order valence-electron chi connectivity index (χ4n) is 2.90. The second kappa shape index (κ2) is 9.18. The van der Waals surface area contributed by atoms with Gasteiger partial charge in [-0.25, -0.2) is 0 Å². The number of rotatable bonds is 6. The number of aliphatic imine (C=N–C) groups is 1. The van der Waals surface area contributed by atoms with Crippen LogP contribution in [0.5, 0.6) is 11.5 Å². The molecule has 0 amide bonds. The number of non-ortho nitro benzene ring substituents is 1. The van der Waals surface area contributed by atoms with E-state index in [9.17, 15) is 14.9 Å². The summed E-state index contributed by atoms with van der Waals surface area (Å²) in [6.45, 7) is 0.701. The highest BCUT2D eigenvalue weighted by Crippen LogP contribution is 2.28. The van der Waals surface area contributed by atoms with Gasteiger partial charge >= 0.3 is 0 Å². The molecule has 9 heteroatoms.